The summed E-state index contributed by atoms with van der Waals surface area (Å²) in [7, 11) is 0. The second kappa shape index (κ2) is 7.88. The molecule has 0 saturated carbocycles. The molecule has 21 heavy (non-hydrogen) atoms. The minimum Gasteiger partial charge on any atom is -0.384 e. The Labute approximate surface area is 130 Å². The summed E-state index contributed by atoms with van der Waals surface area (Å²) in [5.41, 5.74) is 6.41. The van der Waals surface area contributed by atoms with Crippen molar-refractivity contribution in [1.82, 2.24) is 5.32 Å². The van der Waals surface area contributed by atoms with E-state index in [1.54, 1.807) is 18.2 Å². The Morgan fingerprint density at radius 2 is 2.00 bits per heavy atom. The second-order valence-corrected chi connectivity index (χ2v) is 5.65. The Morgan fingerprint density at radius 3 is 2.52 bits per heavy atom. The van der Waals surface area contributed by atoms with Gasteiger partial charge in [-0.2, -0.15) is 0 Å². The maximum atomic E-state index is 12.4. The van der Waals surface area contributed by atoms with Gasteiger partial charge < -0.3 is 16.4 Å². The van der Waals surface area contributed by atoms with Gasteiger partial charge in [-0.15, -0.1) is 0 Å². The lowest BCUT2D eigenvalue weighted by molar-refractivity contribution is -0.120. The molecule has 0 aliphatic heterocycles. The number of primary amides is 1. The van der Waals surface area contributed by atoms with Crippen molar-refractivity contribution in [3.05, 3.63) is 28.8 Å². The number of nitrogens with two attached hydrogens (primary N) is 1. The van der Waals surface area contributed by atoms with E-state index in [1.807, 2.05) is 20.8 Å². The van der Waals surface area contributed by atoms with Crippen molar-refractivity contribution in [1.29, 1.82) is 0 Å². The molecule has 2 amide bonds. The topological polar surface area (TPSA) is 84.2 Å². The van der Waals surface area contributed by atoms with E-state index < -0.39 is 11.9 Å². The molecule has 0 radical (unpaired) electrons. The highest BCUT2D eigenvalue weighted by Gasteiger charge is 2.23. The Morgan fingerprint density at radius 1 is 1.33 bits per heavy atom. The van der Waals surface area contributed by atoms with Crippen LogP contribution in [-0.2, 0) is 4.79 Å². The summed E-state index contributed by atoms with van der Waals surface area (Å²) in [6.45, 7) is 6.42. The molecule has 1 rings (SSSR count). The predicted molar refractivity (Wildman–Crippen MR) is 85.5 cm³/mol. The molecule has 4 N–H and O–H groups in total. The first-order valence-electron chi connectivity index (χ1n) is 7.00. The fourth-order valence-corrected chi connectivity index (χ4v) is 2.08. The van der Waals surface area contributed by atoms with E-state index in [4.69, 9.17) is 17.3 Å². The van der Waals surface area contributed by atoms with Crippen LogP contribution in [0.5, 0.6) is 0 Å². The summed E-state index contributed by atoms with van der Waals surface area (Å²) >= 11 is 5.96. The maximum Gasteiger partial charge on any atom is 0.254 e. The summed E-state index contributed by atoms with van der Waals surface area (Å²) in [5.74, 6) is -1.00. The van der Waals surface area contributed by atoms with Crippen LogP contribution in [0.3, 0.4) is 0 Å². The van der Waals surface area contributed by atoms with E-state index in [2.05, 4.69) is 10.6 Å². The van der Waals surface area contributed by atoms with Crippen molar-refractivity contribution < 1.29 is 9.59 Å². The summed E-state index contributed by atoms with van der Waals surface area (Å²) in [6.07, 6.45) is 0.930. The van der Waals surface area contributed by atoms with Crippen molar-refractivity contribution in [3.63, 3.8) is 0 Å². The zero-order valence-corrected chi connectivity index (χ0v) is 13.3. The van der Waals surface area contributed by atoms with Crippen LogP contribution in [0.2, 0.25) is 5.02 Å². The van der Waals surface area contributed by atoms with Crippen LogP contribution in [0, 0.1) is 5.92 Å². The van der Waals surface area contributed by atoms with Crippen LogP contribution < -0.4 is 16.4 Å². The minimum absolute atomic E-state index is 0.0855. The third kappa shape index (κ3) is 4.93. The number of nitrogens with one attached hydrogen (secondary N) is 2. The van der Waals surface area contributed by atoms with Gasteiger partial charge in [0, 0.05) is 17.3 Å². The molecule has 0 aliphatic rings. The van der Waals surface area contributed by atoms with Crippen LogP contribution in [0.25, 0.3) is 0 Å². The lowest BCUT2D eigenvalue weighted by Gasteiger charge is -2.20. The van der Waals surface area contributed by atoms with Crippen molar-refractivity contribution in [2.45, 2.75) is 33.2 Å². The summed E-state index contributed by atoms with van der Waals surface area (Å²) in [6, 6.07) is 4.33. The molecule has 116 valence electrons. The predicted octanol–water partition coefficient (Wildman–Crippen LogP) is 2.40. The van der Waals surface area contributed by atoms with Gasteiger partial charge in [-0.05, 0) is 30.5 Å². The zero-order valence-electron chi connectivity index (χ0n) is 12.6. The minimum atomic E-state index is -0.712. The van der Waals surface area contributed by atoms with Gasteiger partial charge in [-0.1, -0.05) is 32.4 Å². The third-order valence-electron chi connectivity index (χ3n) is 3.05. The van der Waals surface area contributed by atoms with E-state index in [9.17, 15) is 9.59 Å². The molecule has 0 aromatic heterocycles. The lowest BCUT2D eigenvalue weighted by Crippen LogP contribution is -2.47. The molecule has 5 nitrogen and oxygen atoms in total. The van der Waals surface area contributed by atoms with Gasteiger partial charge in [0.1, 0.15) is 6.04 Å². The number of hydrogen-bond acceptors (Lipinski definition) is 3. The molecule has 1 aromatic carbocycles. The fourth-order valence-electron chi connectivity index (χ4n) is 1.90. The highest BCUT2D eigenvalue weighted by Crippen LogP contribution is 2.21. The fraction of sp³-hybridized carbons (Fsp3) is 0.467. The van der Waals surface area contributed by atoms with Crippen LogP contribution in [0.1, 0.15) is 37.6 Å². The van der Waals surface area contributed by atoms with Gasteiger partial charge in [-0.3, -0.25) is 9.59 Å². The van der Waals surface area contributed by atoms with Crippen LogP contribution in [-0.4, -0.2) is 24.4 Å². The Kier molecular flexibility index (Phi) is 6.49. The number of anilines is 1. The van der Waals surface area contributed by atoms with Gasteiger partial charge in [-0.25, -0.2) is 0 Å². The summed E-state index contributed by atoms with van der Waals surface area (Å²) in [5, 5.41) is 6.29. The first kappa shape index (κ1) is 17.3. The number of rotatable bonds is 7. The van der Waals surface area contributed by atoms with Crippen LogP contribution >= 0.6 is 11.6 Å². The van der Waals surface area contributed by atoms with Gasteiger partial charge in [0.2, 0.25) is 5.91 Å². The number of carbonyl (C=O) groups excluding carboxylic acids is 2. The number of halogens is 1. The zero-order chi connectivity index (χ0) is 16.0. The Bertz CT molecular complexity index is 518. The van der Waals surface area contributed by atoms with Crippen molar-refractivity contribution in [2.24, 2.45) is 11.7 Å². The van der Waals surface area contributed by atoms with E-state index >= 15 is 0 Å². The van der Waals surface area contributed by atoms with Gasteiger partial charge in [0.25, 0.3) is 5.91 Å². The highest BCUT2D eigenvalue weighted by molar-refractivity contribution is 6.31. The van der Waals surface area contributed by atoms with Crippen LogP contribution in [0.4, 0.5) is 5.69 Å². The second-order valence-electron chi connectivity index (χ2n) is 5.21. The van der Waals surface area contributed by atoms with E-state index in [1.165, 1.54) is 0 Å². The molecule has 1 unspecified atom stereocenters. The molecular formula is C15H22ClN3O2. The standard InChI is InChI=1S/C15H22ClN3O2/c1-4-7-18-12-6-5-10(16)8-11(12)15(21)19-13(9(2)3)14(17)20/h5-6,8-9,13,18H,4,7H2,1-3H3,(H2,17,20)(H,19,21). The number of carbonyl (C=O) groups is 2. The molecule has 1 atom stereocenters. The van der Waals surface area contributed by atoms with Crippen LogP contribution in [0.15, 0.2) is 18.2 Å². The molecular weight excluding hydrogens is 290 g/mol. The van der Waals surface area contributed by atoms with Gasteiger partial charge in [0.15, 0.2) is 0 Å². The first-order valence-corrected chi connectivity index (χ1v) is 7.38. The average molecular weight is 312 g/mol. The smallest absolute Gasteiger partial charge is 0.254 e. The Hall–Kier alpha value is -1.75. The normalized spacial score (nSPS) is 12.0. The van der Waals surface area contributed by atoms with E-state index in [0.717, 1.165) is 13.0 Å². The number of amides is 2. The van der Waals surface area contributed by atoms with Crippen molar-refractivity contribution in [2.75, 3.05) is 11.9 Å². The van der Waals surface area contributed by atoms with Crippen molar-refractivity contribution in [3.8, 4) is 0 Å². The first-order chi connectivity index (χ1) is 9.86. The maximum absolute atomic E-state index is 12.4. The number of benzene rings is 1. The monoisotopic (exact) mass is 311 g/mol. The van der Waals surface area contributed by atoms with E-state index in [0.29, 0.717) is 16.3 Å². The average Bonchev–Trinajstić information content (AvgIpc) is 2.42. The van der Waals surface area contributed by atoms with E-state index in [-0.39, 0.29) is 11.8 Å². The lowest BCUT2D eigenvalue weighted by atomic mass is 10.0. The molecule has 1 aromatic rings. The molecule has 0 spiro atoms. The summed E-state index contributed by atoms with van der Waals surface area (Å²) < 4.78 is 0. The molecule has 0 saturated heterocycles. The quantitative estimate of drug-likeness (QED) is 0.723. The molecule has 0 aliphatic carbocycles. The SMILES string of the molecule is CCCNc1ccc(Cl)cc1C(=O)NC(C(N)=O)C(C)C. The van der Waals surface area contributed by atoms with Gasteiger partial charge in [0.05, 0.1) is 5.56 Å². The Balaban J connectivity index is 2.99. The molecule has 6 heteroatoms. The van der Waals surface area contributed by atoms with Gasteiger partial charge >= 0.3 is 0 Å². The molecule has 0 heterocycles. The molecule has 0 bridgehead atoms. The highest BCUT2D eigenvalue weighted by atomic mass is 35.5. The molecule has 0 fully saturated rings. The number of hydrogen-bond donors (Lipinski definition) is 3. The third-order valence-corrected chi connectivity index (χ3v) is 3.29. The van der Waals surface area contributed by atoms with Crippen molar-refractivity contribution >= 4 is 29.1 Å². The summed E-state index contributed by atoms with van der Waals surface area (Å²) in [4.78, 5) is 23.8. The largest absolute Gasteiger partial charge is 0.384 e.